The summed E-state index contributed by atoms with van der Waals surface area (Å²) in [6, 6.07) is 16.7. The van der Waals surface area contributed by atoms with E-state index in [4.69, 9.17) is 16.3 Å². The van der Waals surface area contributed by atoms with Crippen molar-refractivity contribution >= 4 is 68.1 Å². The normalized spacial score (nSPS) is 14.7. The first-order valence-electron chi connectivity index (χ1n) is 9.76. The molecule has 168 valence electrons. The Hall–Kier alpha value is -2.43. The van der Waals surface area contributed by atoms with Crippen LogP contribution in [0.15, 0.2) is 70.8 Å². The molecule has 0 radical (unpaired) electrons. The van der Waals surface area contributed by atoms with Gasteiger partial charge in [-0.2, -0.15) is 0 Å². The van der Waals surface area contributed by atoms with Crippen LogP contribution in [0.2, 0.25) is 5.02 Å². The van der Waals surface area contributed by atoms with E-state index in [0.29, 0.717) is 27.4 Å². The second-order valence-corrected chi connectivity index (χ2v) is 9.71. The largest absolute Gasteiger partial charge is 0.486 e. The van der Waals surface area contributed by atoms with Crippen molar-refractivity contribution in [2.24, 2.45) is 0 Å². The van der Waals surface area contributed by atoms with Crippen LogP contribution in [0.5, 0.6) is 5.75 Å². The minimum absolute atomic E-state index is 0.0758. The van der Waals surface area contributed by atoms with E-state index in [2.05, 4.69) is 43.8 Å². The van der Waals surface area contributed by atoms with E-state index in [0.717, 1.165) is 14.0 Å². The maximum Gasteiger partial charge on any atom is 0.329 e. The summed E-state index contributed by atoms with van der Waals surface area (Å²) in [5, 5.41) is 2.88. The highest BCUT2D eigenvalue weighted by atomic mass is 127. The third-order valence-corrected chi connectivity index (χ3v) is 6.47. The van der Waals surface area contributed by atoms with Crippen LogP contribution in [0.25, 0.3) is 6.08 Å². The fourth-order valence-electron chi connectivity index (χ4n) is 3.22. The molecule has 0 spiro atoms. The highest BCUT2D eigenvalue weighted by molar-refractivity contribution is 14.1. The third-order valence-electron chi connectivity index (χ3n) is 4.88. The van der Waals surface area contributed by atoms with Crippen LogP contribution in [-0.2, 0) is 17.9 Å². The minimum atomic E-state index is -0.614. The summed E-state index contributed by atoms with van der Waals surface area (Å²) in [7, 11) is 0. The number of carbonyl (C=O) groups excluding carboxylic acids is 2. The molecule has 33 heavy (non-hydrogen) atoms. The molecule has 1 heterocycles. The van der Waals surface area contributed by atoms with Gasteiger partial charge in [0.2, 0.25) is 0 Å². The van der Waals surface area contributed by atoms with Gasteiger partial charge in [-0.05, 0) is 86.1 Å². The van der Waals surface area contributed by atoms with Crippen molar-refractivity contribution in [2.75, 3.05) is 0 Å². The molecule has 3 aromatic carbocycles. The smallest absolute Gasteiger partial charge is 0.329 e. The number of nitrogens with one attached hydrogen (secondary N) is 1. The van der Waals surface area contributed by atoms with E-state index in [1.807, 2.05) is 24.3 Å². The fourth-order valence-corrected chi connectivity index (χ4v) is 4.56. The molecule has 1 aliphatic heterocycles. The summed E-state index contributed by atoms with van der Waals surface area (Å²) in [4.78, 5) is 26.0. The van der Waals surface area contributed by atoms with Crippen LogP contribution in [0.1, 0.15) is 16.7 Å². The number of imide groups is 1. The fraction of sp³-hybridized carbons (Fsp3) is 0.0833. The maximum atomic E-state index is 13.9. The number of carbonyl (C=O) groups is 2. The van der Waals surface area contributed by atoms with Crippen LogP contribution in [0.3, 0.4) is 0 Å². The molecule has 1 N–H and O–H groups in total. The average molecular weight is 642 g/mol. The standard InChI is InChI=1S/C24H16BrClFIN2O3/c25-18-9-15(10-19(26)22(18)33-13-14-5-7-17(28)8-6-14)11-21-23(31)30(24(32)29-21)12-16-3-1-2-4-20(16)27/h1-11H,12-13H2,(H,29,32)/b21-11+. The van der Waals surface area contributed by atoms with Gasteiger partial charge in [-0.1, -0.05) is 41.9 Å². The monoisotopic (exact) mass is 640 g/mol. The van der Waals surface area contributed by atoms with Gasteiger partial charge < -0.3 is 10.1 Å². The molecule has 4 rings (SSSR count). The van der Waals surface area contributed by atoms with Gasteiger partial charge in [-0.3, -0.25) is 9.69 Å². The summed E-state index contributed by atoms with van der Waals surface area (Å²) in [5.41, 5.74) is 1.91. The van der Waals surface area contributed by atoms with E-state index < -0.39 is 17.8 Å². The maximum absolute atomic E-state index is 13.9. The van der Waals surface area contributed by atoms with Crippen molar-refractivity contribution in [1.29, 1.82) is 0 Å². The lowest BCUT2D eigenvalue weighted by Crippen LogP contribution is -2.30. The Morgan fingerprint density at radius 3 is 2.55 bits per heavy atom. The van der Waals surface area contributed by atoms with Crippen molar-refractivity contribution in [1.82, 2.24) is 10.2 Å². The Labute approximate surface area is 216 Å². The molecule has 3 amide bonds. The molecule has 0 bridgehead atoms. The number of halogens is 4. The van der Waals surface area contributed by atoms with E-state index in [1.54, 1.807) is 24.3 Å². The number of hydrogen-bond acceptors (Lipinski definition) is 3. The first-order chi connectivity index (χ1) is 15.8. The summed E-state index contributed by atoms with van der Waals surface area (Å²) in [6.45, 7) is 0.180. The lowest BCUT2D eigenvalue weighted by atomic mass is 10.1. The SMILES string of the molecule is O=C1N/C(=C/c2cc(Cl)c(OCc3ccc(I)cc3)c(Br)c2)C(=O)N1Cc1ccccc1F. The second-order valence-electron chi connectivity index (χ2n) is 7.20. The quantitative estimate of drug-likeness (QED) is 0.190. The molecule has 1 aliphatic rings. The molecule has 9 heteroatoms. The number of benzene rings is 3. The van der Waals surface area contributed by atoms with Gasteiger partial charge >= 0.3 is 6.03 Å². The highest BCUT2D eigenvalue weighted by Gasteiger charge is 2.34. The third kappa shape index (κ3) is 5.56. The van der Waals surface area contributed by atoms with Crippen LogP contribution in [0.4, 0.5) is 9.18 Å². The second kappa shape index (κ2) is 10.2. The molecular formula is C24H16BrClFIN2O3. The van der Waals surface area contributed by atoms with Gasteiger partial charge in [0.1, 0.15) is 18.1 Å². The lowest BCUT2D eigenvalue weighted by molar-refractivity contribution is -0.123. The topological polar surface area (TPSA) is 58.6 Å². The number of urea groups is 1. The molecule has 0 atom stereocenters. The molecule has 0 aliphatic carbocycles. The van der Waals surface area contributed by atoms with E-state index in [1.165, 1.54) is 18.2 Å². The number of hydrogen-bond donors (Lipinski definition) is 1. The first-order valence-corrected chi connectivity index (χ1v) is 12.0. The van der Waals surface area contributed by atoms with Gasteiger partial charge in [0.05, 0.1) is 16.0 Å². The van der Waals surface area contributed by atoms with Crippen molar-refractivity contribution in [3.63, 3.8) is 0 Å². The Balaban J connectivity index is 1.50. The molecule has 1 saturated heterocycles. The van der Waals surface area contributed by atoms with Crippen molar-refractivity contribution < 1.29 is 18.7 Å². The number of ether oxygens (including phenoxy) is 1. The predicted octanol–water partition coefficient (Wildman–Crippen LogP) is 6.52. The Kier molecular flexibility index (Phi) is 7.35. The zero-order chi connectivity index (χ0) is 23.5. The molecule has 0 unspecified atom stereocenters. The van der Waals surface area contributed by atoms with Gasteiger partial charge in [0.15, 0.2) is 5.75 Å². The molecule has 3 aromatic rings. The van der Waals surface area contributed by atoms with Crippen LogP contribution in [-0.4, -0.2) is 16.8 Å². The Morgan fingerprint density at radius 1 is 1.12 bits per heavy atom. The molecule has 0 aromatic heterocycles. The lowest BCUT2D eigenvalue weighted by Gasteiger charge is -2.12. The van der Waals surface area contributed by atoms with Crippen molar-refractivity contribution in [2.45, 2.75) is 13.2 Å². The van der Waals surface area contributed by atoms with E-state index in [-0.39, 0.29) is 17.8 Å². The molecule has 0 saturated carbocycles. The highest BCUT2D eigenvalue weighted by Crippen LogP contribution is 2.36. The van der Waals surface area contributed by atoms with Gasteiger partial charge in [-0.15, -0.1) is 0 Å². The summed E-state index contributed by atoms with van der Waals surface area (Å²) in [6.07, 6.45) is 1.52. The average Bonchev–Trinajstić information content (AvgIpc) is 3.03. The van der Waals surface area contributed by atoms with Crippen LogP contribution in [0, 0.1) is 9.39 Å². The molecule has 1 fully saturated rings. The van der Waals surface area contributed by atoms with Crippen molar-refractivity contribution in [3.8, 4) is 5.75 Å². The van der Waals surface area contributed by atoms with Crippen LogP contribution >= 0.6 is 50.1 Å². The number of amides is 3. The first kappa shape index (κ1) is 23.7. The van der Waals surface area contributed by atoms with E-state index >= 15 is 0 Å². The van der Waals surface area contributed by atoms with E-state index in [9.17, 15) is 14.0 Å². The van der Waals surface area contributed by atoms with Gasteiger partial charge in [-0.25, -0.2) is 9.18 Å². The summed E-state index contributed by atoms with van der Waals surface area (Å²) >= 11 is 12.1. The van der Waals surface area contributed by atoms with Crippen molar-refractivity contribution in [3.05, 3.63) is 102 Å². The van der Waals surface area contributed by atoms with Crippen LogP contribution < -0.4 is 10.1 Å². The minimum Gasteiger partial charge on any atom is -0.486 e. The zero-order valence-corrected chi connectivity index (χ0v) is 21.4. The zero-order valence-electron chi connectivity index (χ0n) is 16.9. The summed E-state index contributed by atoms with van der Waals surface area (Å²) in [5.74, 6) is -0.554. The summed E-state index contributed by atoms with van der Waals surface area (Å²) < 4.78 is 21.5. The Morgan fingerprint density at radius 2 is 1.85 bits per heavy atom. The number of rotatable bonds is 6. The molecular weight excluding hydrogens is 626 g/mol. The number of nitrogens with zero attached hydrogens (tertiary/aromatic N) is 1. The van der Waals surface area contributed by atoms with Gasteiger partial charge in [0.25, 0.3) is 5.91 Å². The van der Waals surface area contributed by atoms with Gasteiger partial charge in [0, 0.05) is 9.13 Å². The Bertz CT molecular complexity index is 1240. The molecule has 5 nitrogen and oxygen atoms in total. The predicted molar refractivity (Wildman–Crippen MR) is 136 cm³/mol.